The minimum absolute atomic E-state index is 0.0396. The largest absolute Gasteiger partial charge is 0.257 e. The van der Waals surface area contributed by atoms with Crippen LogP contribution >= 0.6 is 0 Å². The van der Waals surface area contributed by atoms with Gasteiger partial charge in [0.1, 0.15) is 0 Å². The van der Waals surface area contributed by atoms with Crippen LogP contribution in [0.3, 0.4) is 0 Å². The maximum Gasteiger partial charge on any atom is 0.0670 e. The minimum Gasteiger partial charge on any atom is -0.257 e. The lowest BCUT2D eigenvalue weighted by molar-refractivity contribution is 0.645. The first-order valence-electron chi connectivity index (χ1n) is 6.39. The lowest BCUT2D eigenvalue weighted by atomic mass is 9.75. The van der Waals surface area contributed by atoms with Crippen LogP contribution in [0.15, 0.2) is 59.6 Å². The summed E-state index contributed by atoms with van der Waals surface area (Å²) < 4.78 is 0. The van der Waals surface area contributed by atoms with Crippen LogP contribution in [-0.4, -0.2) is 5.71 Å². The summed E-state index contributed by atoms with van der Waals surface area (Å²) >= 11 is 0. The van der Waals surface area contributed by atoms with Crippen LogP contribution in [0.1, 0.15) is 25.0 Å². The van der Waals surface area contributed by atoms with Crippen LogP contribution in [0.2, 0.25) is 0 Å². The Morgan fingerprint density at radius 1 is 0.944 bits per heavy atom. The van der Waals surface area contributed by atoms with Crippen molar-refractivity contribution in [1.29, 1.82) is 0 Å². The van der Waals surface area contributed by atoms with Crippen molar-refractivity contribution < 1.29 is 0 Å². The maximum atomic E-state index is 4.72. The quantitative estimate of drug-likeness (QED) is 0.736. The van der Waals surface area contributed by atoms with Gasteiger partial charge in [0, 0.05) is 11.1 Å². The summed E-state index contributed by atoms with van der Waals surface area (Å²) in [6.07, 6.45) is 1.01. The molecule has 0 saturated carbocycles. The summed E-state index contributed by atoms with van der Waals surface area (Å²) in [5.74, 6) is 0. The summed E-state index contributed by atoms with van der Waals surface area (Å²) in [4.78, 5) is 4.72. The molecule has 1 heteroatoms. The topological polar surface area (TPSA) is 12.4 Å². The zero-order valence-electron chi connectivity index (χ0n) is 10.9. The van der Waals surface area contributed by atoms with Gasteiger partial charge in [-0.05, 0) is 37.5 Å². The molecule has 0 amide bonds. The van der Waals surface area contributed by atoms with E-state index in [0.717, 1.165) is 12.1 Å². The van der Waals surface area contributed by atoms with E-state index < -0.39 is 0 Å². The predicted octanol–water partition coefficient (Wildman–Crippen LogP) is 4.29. The third-order valence-electron chi connectivity index (χ3n) is 3.99. The molecule has 2 aromatic rings. The van der Waals surface area contributed by atoms with Crippen molar-refractivity contribution >= 4 is 11.4 Å². The molecular formula is C17H17N. The highest BCUT2D eigenvalue weighted by atomic mass is 14.8. The molecule has 18 heavy (non-hydrogen) atoms. The molecule has 0 unspecified atom stereocenters. The van der Waals surface area contributed by atoms with Gasteiger partial charge >= 0.3 is 0 Å². The number of nitrogens with zero attached hydrogens (tertiary/aromatic N) is 1. The first-order valence-corrected chi connectivity index (χ1v) is 6.39. The van der Waals surface area contributed by atoms with Crippen molar-refractivity contribution in [2.24, 2.45) is 4.99 Å². The fraction of sp³-hybridized carbons (Fsp3) is 0.235. The smallest absolute Gasteiger partial charge is 0.0670 e. The third-order valence-corrected chi connectivity index (χ3v) is 3.99. The monoisotopic (exact) mass is 235 g/mol. The highest BCUT2D eigenvalue weighted by molar-refractivity contribution is 6.00. The second kappa shape index (κ2) is 4.09. The summed E-state index contributed by atoms with van der Waals surface area (Å²) in [7, 11) is 0. The van der Waals surface area contributed by atoms with Gasteiger partial charge in [-0.1, -0.05) is 48.5 Å². The Morgan fingerprint density at radius 2 is 1.61 bits per heavy atom. The molecule has 0 saturated heterocycles. The lowest BCUT2D eigenvalue weighted by Crippen LogP contribution is -2.30. The van der Waals surface area contributed by atoms with Crippen molar-refractivity contribution in [3.63, 3.8) is 0 Å². The molecule has 1 nitrogen and oxygen atoms in total. The highest BCUT2D eigenvalue weighted by Gasteiger charge is 2.36. The maximum absolute atomic E-state index is 4.72. The fourth-order valence-corrected chi connectivity index (χ4v) is 2.76. The number of hydrogen-bond acceptors (Lipinski definition) is 1. The Hall–Kier alpha value is -1.89. The number of benzene rings is 2. The average molecular weight is 235 g/mol. The van der Waals surface area contributed by atoms with E-state index in [0.29, 0.717) is 0 Å². The molecule has 0 aromatic heterocycles. The van der Waals surface area contributed by atoms with Gasteiger partial charge in [-0.2, -0.15) is 0 Å². The Kier molecular flexibility index (Phi) is 2.55. The molecule has 3 rings (SSSR count). The second-order valence-electron chi connectivity index (χ2n) is 5.21. The van der Waals surface area contributed by atoms with E-state index in [1.54, 1.807) is 0 Å². The zero-order chi connectivity index (χ0) is 12.6. The van der Waals surface area contributed by atoms with E-state index in [9.17, 15) is 0 Å². The number of aliphatic imine (C=N–C) groups is 1. The Morgan fingerprint density at radius 3 is 2.39 bits per heavy atom. The molecule has 90 valence electrons. The van der Waals surface area contributed by atoms with Crippen molar-refractivity contribution in [3.05, 3.63) is 65.7 Å². The van der Waals surface area contributed by atoms with Gasteiger partial charge < -0.3 is 0 Å². The molecule has 1 heterocycles. The summed E-state index contributed by atoms with van der Waals surface area (Å²) in [5.41, 5.74) is 5.11. The van der Waals surface area contributed by atoms with E-state index in [2.05, 4.69) is 68.4 Å². The highest BCUT2D eigenvalue weighted by Crippen LogP contribution is 2.41. The molecule has 1 aliphatic rings. The van der Waals surface area contributed by atoms with Crippen LogP contribution in [-0.2, 0) is 11.8 Å². The van der Waals surface area contributed by atoms with E-state index in [4.69, 9.17) is 4.99 Å². The average Bonchev–Trinajstić information content (AvgIpc) is 2.63. The molecular weight excluding hydrogens is 218 g/mol. The molecule has 1 atom stereocenters. The first-order chi connectivity index (χ1) is 8.70. The summed E-state index contributed by atoms with van der Waals surface area (Å²) in [5, 5.41) is 0. The molecule has 0 aliphatic carbocycles. The van der Waals surface area contributed by atoms with Crippen molar-refractivity contribution in [2.45, 2.75) is 25.7 Å². The SMILES string of the molecule is CC1=Nc2ccccc2[C@]1(C)Cc1ccccc1. The number of para-hydroxylation sites is 1. The molecule has 2 aromatic carbocycles. The van der Waals surface area contributed by atoms with Gasteiger partial charge in [-0.3, -0.25) is 4.99 Å². The molecule has 1 aliphatic heterocycles. The van der Waals surface area contributed by atoms with Gasteiger partial charge in [0.25, 0.3) is 0 Å². The van der Waals surface area contributed by atoms with Gasteiger partial charge in [-0.15, -0.1) is 0 Å². The minimum atomic E-state index is 0.0396. The van der Waals surface area contributed by atoms with Gasteiger partial charge in [-0.25, -0.2) is 0 Å². The van der Waals surface area contributed by atoms with Crippen molar-refractivity contribution in [3.8, 4) is 0 Å². The Labute approximate surface area is 108 Å². The predicted molar refractivity (Wildman–Crippen MR) is 76.7 cm³/mol. The lowest BCUT2D eigenvalue weighted by Gasteiger charge is -2.26. The van der Waals surface area contributed by atoms with Crippen LogP contribution in [0.5, 0.6) is 0 Å². The van der Waals surface area contributed by atoms with Gasteiger partial charge in [0.05, 0.1) is 5.69 Å². The number of rotatable bonds is 2. The summed E-state index contributed by atoms with van der Waals surface area (Å²) in [6.45, 7) is 4.44. The fourth-order valence-electron chi connectivity index (χ4n) is 2.76. The van der Waals surface area contributed by atoms with E-state index in [1.807, 2.05) is 0 Å². The van der Waals surface area contributed by atoms with Crippen LogP contribution < -0.4 is 0 Å². The Bertz CT molecular complexity index is 598. The summed E-state index contributed by atoms with van der Waals surface area (Å²) in [6, 6.07) is 19.1. The second-order valence-corrected chi connectivity index (χ2v) is 5.21. The standard InChI is InChI=1S/C17H17N/c1-13-17(2,12-14-8-4-3-5-9-14)15-10-6-7-11-16(15)18-13/h3-11H,12H2,1-2H3/t17-/m1/s1. The molecule has 0 N–H and O–H groups in total. The van der Waals surface area contributed by atoms with Gasteiger partial charge in [0.2, 0.25) is 0 Å². The molecule has 0 spiro atoms. The number of fused-ring (bicyclic) bond motifs is 1. The van der Waals surface area contributed by atoms with Crippen LogP contribution in [0.4, 0.5) is 5.69 Å². The van der Waals surface area contributed by atoms with E-state index in [-0.39, 0.29) is 5.41 Å². The van der Waals surface area contributed by atoms with Gasteiger partial charge in [0.15, 0.2) is 0 Å². The van der Waals surface area contributed by atoms with E-state index >= 15 is 0 Å². The third kappa shape index (κ3) is 1.67. The normalized spacial score (nSPS) is 21.6. The van der Waals surface area contributed by atoms with Crippen LogP contribution in [0.25, 0.3) is 0 Å². The van der Waals surface area contributed by atoms with E-state index in [1.165, 1.54) is 16.8 Å². The van der Waals surface area contributed by atoms with Crippen molar-refractivity contribution in [2.75, 3.05) is 0 Å². The first kappa shape index (κ1) is 11.2. The van der Waals surface area contributed by atoms with Crippen molar-refractivity contribution in [1.82, 2.24) is 0 Å². The van der Waals surface area contributed by atoms with Crippen LogP contribution in [0, 0.1) is 0 Å². The zero-order valence-corrected chi connectivity index (χ0v) is 10.9. The number of hydrogen-bond donors (Lipinski definition) is 0. The molecule has 0 radical (unpaired) electrons. The molecule has 0 bridgehead atoms. The molecule has 0 fully saturated rings. The Balaban J connectivity index is 2.03.